The van der Waals surface area contributed by atoms with Gasteiger partial charge in [0.05, 0.1) is 17.0 Å². The molecule has 2 aliphatic rings. The summed E-state index contributed by atoms with van der Waals surface area (Å²) in [5, 5.41) is 0. The van der Waals surface area contributed by atoms with E-state index in [-0.39, 0.29) is 23.1 Å². The van der Waals surface area contributed by atoms with Crippen LogP contribution in [0.25, 0.3) is 0 Å². The van der Waals surface area contributed by atoms with Crippen LogP contribution in [0.3, 0.4) is 0 Å². The molecule has 2 fully saturated rings. The van der Waals surface area contributed by atoms with Crippen molar-refractivity contribution in [2.45, 2.75) is 68.8 Å². The minimum atomic E-state index is -4.04. The normalized spacial score (nSPS) is 19.7. The van der Waals surface area contributed by atoms with Gasteiger partial charge in [-0.2, -0.15) is 4.31 Å². The number of amides is 2. The van der Waals surface area contributed by atoms with Crippen LogP contribution < -0.4 is 9.64 Å². The molecule has 1 heterocycles. The van der Waals surface area contributed by atoms with Gasteiger partial charge in [-0.05, 0) is 61.4 Å². The summed E-state index contributed by atoms with van der Waals surface area (Å²) in [7, 11) is -4.04. The lowest BCUT2D eigenvalue weighted by atomic mass is 10.1. The average Bonchev–Trinajstić information content (AvgIpc) is 2.97. The van der Waals surface area contributed by atoms with Gasteiger partial charge >= 0.3 is 5.97 Å². The van der Waals surface area contributed by atoms with E-state index in [1.54, 1.807) is 12.1 Å². The molecule has 1 atom stereocenters. The van der Waals surface area contributed by atoms with Gasteiger partial charge in [0, 0.05) is 17.4 Å². The van der Waals surface area contributed by atoms with Gasteiger partial charge in [0.15, 0.2) is 0 Å². The first kappa shape index (κ1) is 25.5. The maximum atomic E-state index is 13.9. The number of carbonyl (C=O) groups excluding carboxylic acids is 3. The number of anilines is 1. The van der Waals surface area contributed by atoms with E-state index in [1.807, 2.05) is 0 Å². The van der Waals surface area contributed by atoms with Gasteiger partial charge in [-0.25, -0.2) is 13.3 Å². The SMILES string of the molecule is CC(=O)Oc1ccc(N2C(=O)CC(N(C3CCCCCC3)S(=O)(=O)c3ccc(Br)cc3)C2=O)cc1. The zero-order valence-electron chi connectivity index (χ0n) is 19.4. The Bertz CT molecular complexity index is 1210. The molecule has 35 heavy (non-hydrogen) atoms. The van der Waals surface area contributed by atoms with Crippen molar-refractivity contribution in [3.63, 3.8) is 0 Å². The van der Waals surface area contributed by atoms with Crippen LogP contribution in [0.4, 0.5) is 5.69 Å². The quantitative estimate of drug-likeness (QED) is 0.223. The average molecular weight is 563 g/mol. The summed E-state index contributed by atoms with van der Waals surface area (Å²) in [4.78, 5) is 38.9. The van der Waals surface area contributed by atoms with Gasteiger partial charge in [0.2, 0.25) is 15.9 Å². The lowest BCUT2D eigenvalue weighted by Gasteiger charge is -2.33. The molecule has 8 nitrogen and oxygen atoms in total. The van der Waals surface area contributed by atoms with E-state index in [0.29, 0.717) is 18.5 Å². The molecular formula is C25H27BrN2O6S. The predicted octanol–water partition coefficient (Wildman–Crippen LogP) is 4.42. The molecule has 1 saturated heterocycles. The molecule has 0 bridgehead atoms. The molecule has 2 aromatic carbocycles. The lowest BCUT2D eigenvalue weighted by Crippen LogP contribution is -2.50. The largest absolute Gasteiger partial charge is 0.427 e. The van der Waals surface area contributed by atoms with Gasteiger partial charge in [-0.1, -0.05) is 41.6 Å². The first-order valence-corrected chi connectivity index (χ1v) is 13.9. The number of benzene rings is 2. The van der Waals surface area contributed by atoms with Gasteiger partial charge in [-0.3, -0.25) is 14.4 Å². The summed E-state index contributed by atoms with van der Waals surface area (Å²) in [6.07, 6.45) is 4.83. The Morgan fingerprint density at radius 3 is 2.14 bits per heavy atom. The molecule has 0 spiro atoms. The molecule has 0 radical (unpaired) electrons. The second-order valence-electron chi connectivity index (χ2n) is 8.81. The summed E-state index contributed by atoms with van der Waals surface area (Å²) in [5.74, 6) is -1.23. The minimum Gasteiger partial charge on any atom is -0.427 e. The third-order valence-corrected chi connectivity index (χ3v) is 8.86. The zero-order valence-corrected chi connectivity index (χ0v) is 21.8. The number of esters is 1. The van der Waals surface area contributed by atoms with Crippen molar-refractivity contribution in [2.24, 2.45) is 0 Å². The van der Waals surface area contributed by atoms with E-state index in [2.05, 4.69) is 15.9 Å². The molecule has 1 unspecified atom stereocenters. The summed E-state index contributed by atoms with van der Waals surface area (Å²) in [6.45, 7) is 1.28. The Kier molecular flexibility index (Phi) is 7.73. The van der Waals surface area contributed by atoms with E-state index in [0.717, 1.165) is 35.1 Å². The Labute approximate surface area is 213 Å². The number of hydrogen-bond acceptors (Lipinski definition) is 6. The fourth-order valence-electron chi connectivity index (χ4n) is 4.77. The van der Waals surface area contributed by atoms with Crippen molar-refractivity contribution in [1.82, 2.24) is 4.31 Å². The molecule has 10 heteroatoms. The van der Waals surface area contributed by atoms with Gasteiger partial charge in [0.25, 0.3) is 5.91 Å². The number of hydrogen-bond donors (Lipinski definition) is 0. The molecule has 0 aromatic heterocycles. The van der Waals surface area contributed by atoms with E-state index in [4.69, 9.17) is 4.74 Å². The van der Waals surface area contributed by atoms with Gasteiger partial charge < -0.3 is 4.74 Å². The molecule has 2 aromatic rings. The van der Waals surface area contributed by atoms with E-state index in [1.165, 1.54) is 47.6 Å². The molecule has 4 rings (SSSR count). The second-order valence-corrected chi connectivity index (χ2v) is 11.6. The van der Waals surface area contributed by atoms with E-state index < -0.39 is 33.8 Å². The number of imide groups is 1. The number of carbonyl (C=O) groups is 3. The maximum Gasteiger partial charge on any atom is 0.308 e. The molecule has 186 valence electrons. The van der Waals surface area contributed by atoms with Crippen LogP contribution in [0.5, 0.6) is 5.75 Å². The summed E-state index contributed by atoms with van der Waals surface area (Å²) in [6, 6.07) is 10.8. The lowest BCUT2D eigenvalue weighted by molar-refractivity contribution is -0.132. The topological polar surface area (TPSA) is 101 Å². The van der Waals surface area contributed by atoms with Crippen molar-refractivity contribution in [2.75, 3.05) is 4.90 Å². The molecule has 2 amide bonds. The van der Waals surface area contributed by atoms with Crippen LogP contribution in [0.1, 0.15) is 51.9 Å². The molecule has 1 aliphatic carbocycles. The summed E-state index contributed by atoms with van der Waals surface area (Å²) < 4.78 is 34.8. The summed E-state index contributed by atoms with van der Waals surface area (Å²) >= 11 is 3.33. The highest BCUT2D eigenvalue weighted by Crippen LogP contribution is 2.35. The highest BCUT2D eigenvalue weighted by atomic mass is 79.9. The molecular weight excluding hydrogens is 536 g/mol. The van der Waals surface area contributed by atoms with Crippen molar-refractivity contribution >= 4 is 49.4 Å². The van der Waals surface area contributed by atoms with Crippen molar-refractivity contribution in [3.05, 3.63) is 53.0 Å². The zero-order chi connectivity index (χ0) is 25.2. The number of sulfonamides is 1. The second kappa shape index (κ2) is 10.6. The third-order valence-electron chi connectivity index (χ3n) is 6.36. The minimum absolute atomic E-state index is 0.0920. The highest BCUT2D eigenvalue weighted by molar-refractivity contribution is 9.10. The number of nitrogens with zero attached hydrogens (tertiary/aromatic N) is 2. The monoisotopic (exact) mass is 562 g/mol. The number of rotatable bonds is 6. The first-order chi connectivity index (χ1) is 16.7. The smallest absolute Gasteiger partial charge is 0.308 e. The van der Waals surface area contributed by atoms with E-state index >= 15 is 0 Å². The Hall–Kier alpha value is -2.56. The van der Waals surface area contributed by atoms with Crippen molar-refractivity contribution in [1.29, 1.82) is 0 Å². The number of ether oxygens (including phenoxy) is 1. The van der Waals surface area contributed by atoms with Crippen LogP contribution >= 0.6 is 15.9 Å². The molecule has 1 saturated carbocycles. The fraction of sp³-hybridized carbons (Fsp3) is 0.400. The maximum absolute atomic E-state index is 13.9. The van der Waals surface area contributed by atoms with Gasteiger partial charge in [-0.15, -0.1) is 0 Å². The van der Waals surface area contributed by atoms with Crippen LogP contribution in [-0.4, -0.2) is 42.6 Å². The standard InChI is InChI=1S/C25H27BrN2O6S/c1-17(29)34-21-12-10-19(11-13-21)27-24(30)16-23(25(27)31)28(20-6-4-2-3-5-7-20)35(32,33)22-14-8-18(26)9-15-22/h8-15,20,23H,2-7,16H2,1H3. The van der Waals surface area contributed by atoms with E-state index in [9.17, 15) is 22.8 Å². The molecule has 1 aliphatic heterocycles. The van der Waals surface area contributed by atoms with Crippen molar-refractivity contribution in [3.8, 4) is 5.75 Å². The van der Waals surface area contributed by atoms with Crippen LogP contribution in [0.2, 0.25) is 0 Å². The first-order valence-electron chi connectivity index (χ1n) is 11.6. The van der Waals surface area contributed by atoms with Crippen LogP contribution in [0, 0.1) is 0 Å². The fourth-order valence-corrected chi connectivity index (χ4v) is 6.86. The number of halogens is 1. The van der Waals surface area contributed by atoms with Crippen LogP contribution in [-0.2, 0) is 24.4 Å². The van der Waals surface area contributed by atoms with Crippen molar-refractivity contribution < 1.29 is 27.5 Å². The molecule has 0 N–H and O–H groups in total. The van der Waals surface area contributed by atoms with Gasteiger partial charge in [0.1, 0.15) is 11.8 Å². The Morgan fingerprint density at radius 2 is 1.57 bits per heavy atom. The Balaban J connectivity index is 1.69. The Morgan fingerprint density at radius 1 is 0.971 bits per heavy atom. The third kappa shape index (κ3) is 5.49. The van der Waals surface area contributed by atoms with Crippen LogP contribution in [0.15, 0.2) is 57.9 Å². The summed E-state index contributed by atoms with van der Waals surface area (Å²) in [5.41, 5.74) is 0.306. The predicted molar refractivity (Wildman–Crippen MR) is 133 cm³/mol. The highest BCUT2D eigenvalue weighted by Gasteiger charge is 2.49.